The molecule has 0 aliphatic carbocycles. The van der Waals surface area contributed by atoms with Crippen molar-refractivity contribution in [3.8, 4) is 0 Å². The highest BCUT2D eigenvalue weighted by Crippen LogP contribution is 2.29. The number of halogens is 1. The number of hydrogen-bond acceptors (Lipinski definition) is 5. The molecule has 0 saturated carbocycles. The van der Waals surface area contributed by atoms with Gasteiger partial charge in [-0.2, -0.15) is 5.10 Å². The maximum absolute atomic E-state index is 11.1. The lowest BCUT2D eigenvalue weighted by atomic mass is 10.2. The Morgan fingerprint density at radius 2 is 2.14 bits per heavy atom. The van der Waals surface area contributed by atoms with E-state index in [4.69, 9.17) is 16.7 Å². The average molecular weight is 323 g/mol. The summed E-state index contributed by atoms with van der Waals surface area (Å²) in [5, 5.41) is 15.2. The van der Waals surface area contributed by atoms with Crippen molar-refractivity contribution >= 4 is 39.9 Å². The molecule has 0 unspecified atom stereocenters. The van der Waals surface area contributed by atoms with Crippen LogP contribution in [-0.2, 0) is 6.54 Å². The van der Waals surface area contributed by atoms with Gasteiger partial charge in [0.05, 0.1) is 28.2 Å². The van der Waals surface area contributed by atoms with E-state index in [0.29, 0.717) is 23.3 Å². The van der Waals surface area contributed by atoms with Crippen molar-refractivity contribution in [3.63, 3.8) is 0 Å². The fourth-order valence-corrected chi connectivity index (χ4v) is 3.26. The summed E-state index contributed by atoms with van der Waals surface area (Å²) >= 11 is 7.76. The lowest BCUT2D eigenvalue weighted by molar-refractivity contribution is 0.0697. The summed E-state index contributed by atoms with van der Waals surface area (Å²) in [6, 6.07) is 0. The lowest BCUT2D eigenvalue weighted by Gasteiger charge is -2.02. The zero-order valence-electron chi connectivity index (χ0n) is 11.3. The molecule has 108 valence electrons. The quantitative estimate of drug-likeness (QED) is 0.802. The predicted octanol–water partition coefficient (Wildman–Crippen LogP) is 2.90. The van der Waals surface area contributed by atoms with E-state index < -0.39 is 5.97 Å². The van der Waals surface area contributed by atoms with Gasteiger partial charge in [0.25, 0.3) is 0 Å². The molecule has 3 heterocycles. The van der Waals surface area contributed by atoms with Crippen molar-refractivity contribution in [3.05, 3.63) is 38.6 Å². The molecular formula is C13H11ClN4O2S. The molecule has 0 aliphatic heterocycles. The van der Waals surface area contributed by atoms with Crippen LogP contribution in [0, 0.1) is 13.8 Å². The van der Waals surface area contributed by atoms with Crippen molar-refractivity contribution in [1.29, 1.82) is 0 Å². The molecule has 0 aromatic carbocycles. The van der Waals surface area contributed by atoms with Gasteiger partial charge in [0, 0.05) is 17.3 Å². The van der Waals surface area contributed by atoms with Crippen LogP contribution in [0.3, 0.4) is 0 Å². The number of pyridine rings is 1. The number of aromatic nitrogens is 4. The van der Waals surface area contributed by atoms with Crippen molar-refractivity contribution in [1.82, 2.24) is 19.7 Å². The first-order valence-corrected chi connectivity index (χ1v) is 7.33. The van der Waals surface area contributed by atoms with Crippen LogP contribution in [0.4, 0.5) is 0 Å². The second-order valence-corrected chi connectivity index (χ2v) is 6.29. The van der Waals surface area contributed by atoms with Crippen molar-refractivity contribution in [2.24, 2.45) is 0 Å². The normalized spacial score (nSPS) is 11.2. The van der Waals surface area contributed by atoms with Gasteiger partial charge in [-0.1, -0.05) is 11.6 Å². The first-order chi connectivity index (χ1) is 9.97. The van der Waals surface area contributed by atoms with Crippen molar-refractivity contribution in [2.75, 3.05) is 0 Å². The molecule has 3 aromatic rings. The van der Waals surface area contributed by atoms with Gasteiger partial charge in [-0.25, -0.2) is 19.4 Å². The van der Waals surface area contributed by atoms with Crippen LogP contribution >= 0.6 is 22.9 Å². The van der Waals surface area contributed by atoms with Gasteiger partial charge >= 0.3 is 5.97 Å². The monoisotopic (exact) mass is 322 g/mol. The average Bonchev–Trinajstić information content (AvgIpc) is 2.95. The van der Waals surface area contributed by atoms with Gasteiger partial charge in [-0.05, 0) is 13.8 Å². The molecule has 0 saturated heterocycles. The van der Waals surface area contributed by atoms with E-state index in [1.807, 2.05) is 13.1 Å². The number of hydrogen-bond donors (Lipinski definition) is 1. The molecule has 0 fully saturated rings. The van der Waals surface area contributed by atoms with Gasteiger partial charge in [-0.3, -0.25) is 0 Å². The largest absolute Gasteiger partial charge is 0.478 e. The summed E-state index contributed by atoms with van der Waals surface area (Å²) in [5.74, 6) is -1.10. The Kier molecular flexibility index (Phi) is 3.38. The van der Waals surface area contributed by atoms with Crippen molar-refractivity contribution in [2.45, 2.75) is 20.4 Å². The third-order valence-electron chi connectivity index (χ3n) is 3.06. The van der Waals surface area contributed by atoms with Gasteiger partial charge in [0.1, 0.15) is 5.01 Å². The fraction of sp³-hybridized carbons (Fsp3) is 0.231. The third kappa shape index (κ3) is 2.38. The van der Waals surface area contributed by atoms with Crippen LogP contribution in [0.25, 0.3) is 11.0 Å². The van der Waals surface area contributed by atoms with Crippen LogP contribution in [0.1, 0.15) is 25.9 Å². The Morgan fingerprint density at radius 1 is 1.38 bits per heavy atom. The van der Waals surface area contributed by atoms with Crippen LogP contribution in [0.15, 0.2) is 12.4 Å². The third-order valence-corrected chi connectivity index (χ3v) is 4.35. The number of carboxylic acid groups (broad SMARTS) is 1. The fourth-order valence-electron chi connectivity index (χ4n) is 2.14. The molecule has 0 aliphatic rings. The molecular weight excluding hydrogens is 312 g/mol. The number of carbonyl (C=O) groups is 1. The van der Waals surface area contributed by atoms with E-state index in [-0.39, 0.29) is 10.6 Å². The molecule has 0 spiro atoms. The number of thiazole rings is 1. The minimum atomic E-state index is -1.10. The zero-order chi connectivity index (χ0) is 15.1. The number of rotatable bonds is 3. The molecule has 3 rings (SSSR count). The first kappa shape index (κ1) is 14.0. The summed E-state index contributed by atoms with van der Waals surface area (Å²) in [6.07, 6.45) is 3.07. The van der Waals surface area contributed by atoms with E-state index in [9.17, 15) is 4.79 Å². The molecule has 0 bridgehead atoms. The predicted molar refractivity (Wildman–Crippen MR) is 80.2 cm³/mol. The number of aromatic carboxylic acids is 1. The summed E-state index contributed by atoms with van der Waals surface area (Å²) < 4.78 is 1.69. The molecule has 3 aromatic heterocycles. The van der Waals surface area contributed by atoms with E-state index in [1.165, 1.54) is 6.20 Å². The van der Waals surface area contributed by atoms with E-state index in [1.54, 1.807) is 22.9 Å². The number of aryl methyl sites for hydroxylation is 2. The highest BCUT2D eigenvalue weighted by Gasteiger charge is 2.19. The number of fused-ring (bicyclic) bond motifs is 1. The lowest BCUT2D eigenvalue weighted by Crippen LogP contribution is -2.04. The Balaban J connectivity index is 2.13. The standard InChI is InChI=1S/C13H11ClN4O2S/c1-6-3-15-9(21-6)5-18-12-10(7(2)17-18)11(14)8(4-16-12)13(19)20/h3-4H,5H2,1-2H3,(H,19,20). The molecule has 0 atom stereocenters. The van der Waals surface area contributed by atoms with Crippen LogP contribution < -0.4 is 0 Å². The maximum atomic E-state index is 11.1. The van der Waals surface area contributed by atoms with E-state index >= 15 is 0 Å². The number of carboxylic acids is 1. The maximum Gasteiger partial charge on any atom is 0.338 e. The minimum Gasteiger partial charge on any atom is -0.478 e. The van der Waals surface area contributed by atoms with E-state index in [2.05, 4.69) is 15.1 Å². The smallest absolute Gasteiger partial charge is 0.338 e. The Hall–Kier alpha value is -1.99. The second-order valence-electron chi connectivity index (χ2n) is 4.60. The minimum absolute atomic E-state index is 0.0168. The topological polar surface area (TPSA) is 80.9 Å². The van der Waals surface area contributed by atoms with Crippen molar-refractivity contribution < 1.29 is 9.90 Å². The molecule has 0 amide bonds. The van der Waals surface area contributed by atoms with Gasteiger partial charge in [0.15, 0.2) is 5.65 Å². The molecule has 8 heteroatoms. The Morgan fingerprint density at radius 3 is 2.76 bits per heavy atom. The summed E-state index contributed by atoms with van der Waals surface area (Å²) in [5.41, 5.74) is 1.20. The highest BCUT2D eigenvalue weighted by atomic mass is 35.5. The molecule has 21 heavy (non-hydrogen) atoms. The van der Waals surface area contributed by atoms with Crippen LogP contribution in [0.2, 0.25) is 5.02 Å². The molecule has 0 radical (unpaired) electrons. The van der Waals surface area contributed by atoms with E-state index in [0.717, 1.165) is 9.88 Å². The van der Waals surface area contributed by atoms with Gasteiger partial charge in [0.2, 0.25) is 0 Å². The Bertz CT molecular complexity index is 855. The highest BCUT2D eigenvalue weighted by molar-refractivity contribution is 7.11. The van der Waals surface area contributed by atoms with Gasteiger partial charge < -0.3 is 5.11 Å². The molecule has 1 N–H and O–H groups in total. The summed E-state index contributed by atoms with van der Waals surface area (Å²) in [7, 11) is 0. The van der Waals surface area contributed by atoms with Gasteiger partial charge in [-0.15, -0.1) is 11.3 Å². The van der Waals surface area contributed by atoms with Crippen LogP contribution in [-0.4, -0.2) is 30.8 Å². The molecule has 6 nitrogen and oxygen atoms in total. The number of nitrogens with zero attached hydrogens (tertiary/aromatic N) is 4. The zero-order valence-corrected chi connectivity index (χ0v) is 12.9. The van der Waals surface area contributed by atoms with Crippen LogP contribution in [0.5, 0.6) is 0 Å². The Labute approximate surface area is 129 Å². The summed E-state index contributed by atoms with van der Waals surface area (Å²) in [4.78, 5) is 20.7. The first-order valence-electron chi connectivity index (χ1n) is 6.13. The SMILES string of the molecule is Cc1cnc(Cn2nc(C)c3c(Cl)c(C(=O)O)cnc32)s1. The summed E-state index contributed by atoms with van der Waals surface area (Å²) in [6.45, 7) is 4.26. The second kappa shape index (κ2) is 5.09.